The number of nitrogens with one attached hydrogen (secondary N) is 2. The molecule has 7 nitrogen and oxygen atoms in total. The Morgan fingerprint density at radius 2 is 1.94 bits per heavy atom. The number of amides is 2. The highest BCUT2D eigenvalue weighted by Crippen LogP contribution is 2.25. The molecule has 31 heavy (non-hydrogen) atoms. The van der Waals surface area contributed by atoms with E-state index in [1.807, 2.05) is 22.4 Å². The van der Waals surface area contributed by atoms with Gasteiger partial charge in [-0.1, -0.05) is 6.07 Å². The smallest absolute Gasteiger partial charge is 0.260 e. The molecule has 2 unspecified atom stereocenters. The minimum atomic E-state index is -0.261. The number of benzene rings is 1. The predicted molar refractivity (Wildman–Crippen MR) is 121 cm³/mol. The molecule has 8 heteroatoms. The monoisotopic (exact) mass is 438 g/mol. The molecule has 1 aliphatic heterocycles. The first-order valence-corrected chi connectivity index (χ1v) is 11.3. The third-order valence-electron chi connectivity index (χ3n) is 5.57. The summed E-state index contributed by atoms with van der Waals surface area (Å²) in [5.41, 5.74) is 1.34. The van der Waals surface area contributed by atoms with E-state index in [0.717, 1.165) is 29.8 Å². The molecule has 162 valence electrons. The number of carbonyl (C=O) groups excluding carboxylic acids is 2. The number of carbonyl (C=O) groups is 2. The second-order valence-electron chi connectivity index (χ2n) is 7.84. The largest absolute Gasteiger partial charge is 0.484 e. The van der Waals surface area contributed by atoms with Crippen molar-refractivity contribution in [2.45, 2.75) is 45.2 Å². The SMILES string of the molecule is CC1CCCC(C)N1C(=O)COc1ccc(C(=O)Nc2cc(-c3cccs3)[nH]n2)cc1. The van der Waals surface area contributed by atoms with Gasteiger partial charge < -0.3 is 15.0 Å². The molecule has 2 atom stereocenters. The normalized spacial score (nSPS) is 18.6. The first-order chi connectivity index (χ1) is 15.0. The van der Waals surface area contributed by atoms with Crippen LogP contribution >= 0.6 is 11.3 Å². The van der Waals surface area contributed by atoms with E-state index in [1.165, 1.54) is 0 Å². The maximum absolute atomic E-state index is 12.6. The Morgan fingerprint density at radius 1 is 1.19 bits per heavy atom. The lowest BCUT2D eigenvalue weighted by atomic mass is 9.97. The summed E-state index contributed by atoms with van der Waals surface area (Å²) in [6, 6.07) is 13.0. The summed E-state index contributed by atoms with van der Waals surface area (Å²) in [4.78, 5) is 28.1. The van der Waals surface area contributed by atoms with Crippen molar-refractivity contribution in [3.05, 3.63) is 53.4 Å². The van der Waals surface area contributed by atoms with E-state index >= 15 is 0 Å². The van der Waals surface area contributed by atoms with Crippen molar-refractivity contribution in [3.63, 3.8) is 0 Å². The minimum Gasteiger partial charge on any atom is -0.484 e. The highest BCUT2D eigenvalue weighted by atomic mass is 32.1. The number of hydrogen-bond donors (Lipinski definition) is 2. The molecule has 0 spiro atoms. The average Bonchev–Trinajstić information content (AvgIpc) is 3.44. The molecular weight excluding hydrogens is 412 g/mol. The van der Waals surface area contributed by atoms with Crippen LogP contribution in [-0.4, -0.2) is 45.6 Å². The van der Waals surface area contributed by atoms with E-state index in [-0.39, 0.29) is 30.5 Å². The van der Waals surface area contributed by atoms with Crippen molar-refractivity contribution in [1.82, 2.24) is 15.1 Å². The van der Waals surface area contributed by atoms with Crippen LogP contribution in [0.15, 0.2) is 47.8 Å². The summed E-state index contributed by atoms with van der Waals surface area (Å²) in [5, 5.41) is 11.8. The molecule has 2 aromatic heterocycles. The molecule has 0 saturated carbocycles. The molecule has 1 aromatic carbocycles. The van der Waals surface area contributed by atoms with Crippen LogP contribution in [0.1, 0.15) is 43.5 Å². The molecule has 1 fully saturated rings. The van der Waals surface area contributed by atoms with Crippen molar-refractivity contribution in [3.8, 4) is 16.3 Å². The molecule has 3 heterocycles. The lowest BCUT2D eigenvalue weighted by Crippen LogP contribution is -2.49. The number of thiophene rings is 1. The zero-order chi connectivity index (χ0) is 21.8. The van der Waals surface area contributed by atoms with E-state index in [9.17, 15) is 9.59 Å². The molecule has 0 bridgehead atoms. The maximum atomic E-state index is 12.6. The fourth-order valence-electron chi connectivity index (χ4n) is 3.97. The van der Waals surface area contributed by atoms with Gasteiger partial charge in [-0.3, -0.25) is 14.7 Å². The van der Waals surface area contributed by atoms with Gasteiger partial charge in [0.15, 0.2) is 12.4 Å². The van der Waals surface area contributed by atoms with Gasteiger partial charge in [0.2, 0.25) is 0 Å². The molecule has 1 saturated heterocycles. The van der Waals surface area contributed by atoms with E-state index in [0.29, 0.717) is 17.1 Å². The number of aromatic nitrogens is 2. The summed E-state index contributed by atoms with van der Waals surface area (Å²) < 4.78 is 5.68. The summed E-state index contributed by atoms with van der Waals surface area (Å²) in [5.74, 6) is 0.760. The van der Waals surface area contributed by atoms with Gasteiger partial charge in [0.05, 0.1) is 10.6 Å². The number of H-pyrrole nitrogens is 1. The zero-order valence-corrected chi connectivity index (χ0v) is 18.4. The van der Waals surface area contributed by atoms with E-state index in [1.54, 1.807) is 41.7 Å². The van der Waals surface area contributed by atoms with Crippen LogP contribution in [0.3, 0.4) is 0 Å². The average molecular weight is 439 g/mol. The summed E-state index contributed by atoms with van der Waals surface area (Å²) in [7, 11) is 0. The number of likely N-dealkylation sites (tertiary alicyclic amines) is 1. The summed E-state index contributed by atoms with van der Waals surface area (Å²) in [6.45, 7) is 4.17. The Labute approximate surface area is 185 Å². The van der Waals surface area contributed by atoms with Crippen LogP contribution in [0.5, 0.6) is 5.75 Å². The van der Waals surface area contributed by atoms with Crippen molar-refractivity contribution in [2.24, 2.45) is 0 Å². The van der Waals surface area contributed by atoms with Crippen molar-refractivity contribution in [1.29, 1.82) is 0 Å². The van der Waals surface area contributed by atoms with Crippen LogP contribution in [0, 0.1) is 0 Å². The van der Waals surface area contributed by atoms with Gasteiger partial charge in [0, 0.05) is 23.7 Å². The highest BCUT2D eigenvalue weighted by Gasteiger charge is 2.29. The number of nitrogens with zero attached hydrogens (tertiary/aromatic N) is 2. The Bertz CT molecular complexity index is 1020. The fourth-order valence-corrected chi connectivity index (χ4v) is 4.66. The van der Waals surface area contributed by atoms with Crippen molar-refractivity contribution >= 4 is 29.0 Å². The Balaban J connectivity index is 1.31. The van der Waals surface area contributed by atoms with Crippen molar-refractivity contribution in [2.75, 3.05) is 11.9 Å². The molecule has 3 aromatic rings. The van der Waals surface area contributed by atoms with Crippen LogP contribution in [0.25, 0.3) is 10.6 Å². The van der Waals surface area contributed by atoms with Gasteiger partial charge in [0.25, 0.3) is 11.8 Å². The van der Waals surface area contributed by atoms with Gasteiger partial charge in [-0.2, -0.15) is 5.10 Å². The summed E-state index contributed by atoms with van der Waals surface area (Å²) >= 11 is 1.60. The Hall–Kier alpha value is -3.13. The zero-order valence-electron chi connectivity index (χ0n) is 17.6. The van der Waals surface area contributed by atoms with E-state index < -0.39 is 0 Å². The van der Waals surface area contributed by atoms with Crippen LogP contribution in [-0.2, 0) is 4.79 Å². The highest BCUT2D eigenvalue weighted by molar-refractivity contribution is 7.13. The summed E-state index contributed by atoms with van der Waals surface area (Å²) in [6.07, 6.45) is 3.22. The van der Waals surface area contributed by atoms with Gasteiger partial charge >= 0.3 is 0 Å². The van der Waals surface area contributed by atoms with Gasteiger partial charge in [-0.25, -0.2) is 0 Å². The molecule has 1 aliphatic rings. The second kappa shape index (κ2) is 9.34. The van der Waals surface area contributed by atoms with Gasteiger partial charge in [-0.15, -0.1) is 11.3 Å². The molecular formula is C23H26N4O3S. The first-order valence-electron chi connectivity index (χ1n) is 10.5. The lowest BCUT2D eigenvalue weighted by Gasteiger charge is -2.38. The lowest BCUT2D eigenvalue weighted by molar-refractivity contribution is -0.139. The number of hydrogen-bond acceptors (Lipinski definition) is 5. The Morgan fingerprint density at radius 3 is 2.61 bits per heavy atom. The number of aromatic amines is 1. The van der Waals surface area contributed by atoms with Gasteiger partial charge in [-0.05, 0) is 68.8 Å². The number of ether oxygens (including phenoxy) is 1. The standard InChI is InChI=1S/C23H26N4O3S/c1-15-5-3-6-16(2)27(15)22(28)14-30-18-10-8-17(9-11-18)23(29)24-21-13-19(25-26-21)20-7-4-12-31-20/h4,7-13,15-16H,3,5-6,14H2,1-2H3,(H2,24,25,26,29). The third-order valence-corrected chi connectivity index (χ3v) is 6.47. The minimum absolute atomic E-state index is 0.00100. The topological polar surface area (TPSA) is 87.3 Å². The number of anilines is 1. The van der Waals surface area contributed by atoms with Gasteiger partial charge in [0.1, 0.15) is 5.75 Å². The molecule has 2 N–H and O–H groups in total. The van der Waals surface area contributed by atoms with Crippen LogP contribution < -0.4 is 10.1 Å². The van der Waals surface area contributed by atoms with Crippen molar-refractivity contribution < 1.29 is 14.3 Å². The quantitative estimate of drug-likeness (QED) is 0.591. The number of rotatable bonds is 6. The second-order valence-corrected chi connectivity index (χ2v) is 8.79. The third kappa shape index (κ3) is 4.96. The van der Waals surface area contributed by atoms with E-state index in [4.69, 9.17) is 4.74 Å². The first kappa shape index (κ1) is 21.1. The molecule has 0 radical (unpaired) electrons. The number of piperidine rings is 1. The van der Waals surface area contributed by atoms with E-state index in [2.05, 4.69) is 29.4 Å². The Kier molecular flexibility index (Phi) is 6.36. The molecule has 0 aliphatic carbocycles. The van der Waals surface area contributed by atoms with Crippen LogP contribution in [0.4, 0.5) is 5.82 Å². The van der Waals surface area contributed by atoms with Crippen LogP contribution in [0.2, 0.25) is 0 Å². The fraction of sp³-hybridized carbons (Fsp3) is 0.348. The molecule has 4 rings (SSSR count). The maximum Gasteiger partial charge on any atom is 0.260 e. The molecule has 2 amide bonds. The predicted octanol–water partition coefficient (Wildman–Crippen LogP) is 4.56.